The number of hydrogen-bond acceptors (Lipinski definition) is 2. The largest absolute Gasteiger partial charge is 0.349 e. The molecular formula is C15H19N3O. The first kappa shape index (κ1) is 13.4. The molecule has 1 aromatic heterocycles. The Morgan fingerprint density at radius 1 is 1.26 bits per heavy atom. The van der Waals surface area contributed by atoms with Gasteiger partial charge in [-0.3, -0.25) is 4.79 Å². The minimum Gasteiger partial charge on any atom is -0.349 e. The van der Waals surface area contributed by atoms with Gasteiger partial charge in [0.25, 0.3) is 5.91 Å². The number of nitrogens with one attached hydrogen (secondary N) is 1. The average Bonchev–Trinajstić information content (AvgIpc) is 2.77. The molecule has 0 fully saturated rings. The van der Waals surface area contributed by atoms with E-state index in [1.54, 1.807) is 0 Å². The van der Waals surface area contributed by atoms with Crippen molar-refractivity contribution in [2.24, 2.45) is 12.8 Å². The average molecular weight is 257 g/mol. The second-order valence-electron chi connectivity index (χ2n) is 4.65. The standard InChI is InChI=1S/C15H19N3O/c1-11-8-9-14(18(11)2)15(19)17-10-13(16)12-6-4-3-5-7-12/h3-9,13H,10,16H2,1-2H3,(H,17,19). The summed E-state index contributed by atoms with van der Waals surface area (Å²) in [6.07, 6.45) is 0. The zero-order valence-electron chi connectivity index (χ0n) is 11.3. The molecule has 1 unspecified atom stereocenters. The van der Waals surface area contributed by atoms with E-state index in [1.165, 1.54) is 0 Å². The van der Waals surface area contributed by atoms with E-state index in [4.69, 9.17) is 5.73 Å². The second-order valence-corrected chi connectivity index (χ2v) is 4.65. The summed E-state index contributed by atoms with van der Waals surface area (Å²) in [5.74, 6) is -0.0954. The van der Waals surface area contributed by atoms with E-state index in [2.05, 4.69) is 5.32 Å². The third-order valence-corrected chi connectivity index (χ3v) is 3.32. The van der Waals surface area contributed by atoms with Crippen molar-refractivity contribution in [1.29, 1.82) is 0 Å². The molecule has 0 saturated carbocycles. The van der Waals surface area contributed by atoms with Crippen LogP contribution in [0.1, 0.15) is 27.8 Å². The van der Waals surface area contributed by atoms with E-state index < -0.39 is 0 Å². The highest BCUT2D eigenvalue weighted by Crippen LogP contribution is 2.09. The van der Waals surface area contributed by atoms with Crippen LogP contribution in [-0.2, 0) is 7.05 Å². The molecule has 1 heterocycles. The summed E-state index contributed by atoms with van der Waals surface area (Å²) in [7, 11) is 1.88. The molecule has 4 heteroatoms. The minimum atomic E-state index is -0.188. The van der Waals surface area contributed by atoms with Gasteiger partial charge in [0.2, 0.25) is 0 Å². The van der Waals surface area contributed by atoms with Gasteiger partial charge in [-0.2, -0.15) is 0 Å². The fourth-order valence-electron chi connectivity index (χ4n) is 1.95. The zero-order chi connectivity index (χ0) is 13.8. The number of benzene rings is 1. The highest BCUT2D eigenvalue weighted by atomic mass is 16.1. The predicted octanol–water partition coefficient (Wildman–Crippen LogP) is 1.76. The van der Waals surface area contributed by atoms with Crippen LogP contribution < -0.4 is 11.1 Å². The number of rotatable bonds is 4. The summed E-state index contributed by atoms with van der Waals surface area (Å²) in [5, 5.41) is 2.87. The van der Waals surface area contributed by atoms with Gasteiger partial charge in [-0.15, -0.1) is 0 Å². The van der Waals surface area contributed by atoms with Gasteiger partial charge in [-0.25, -0.2) is 0 Å². The summed E-state index contributed by atoms with van der Waals surface area (Å²) in [6.45, 7) is 2.39. The Morgan fingerprint density at radius 2 is 1.95 bits per heavy atom. The number of aromatic nitrogens is 1. The molecule has 1 aromatic carbocycles. The van der Waals surface area contributed by atoms with Crippen LogP contribution in [0.3, 0.4) is 0 Å². The van der Waals surface area contributed by atoms with Crippen molar-refractivity contribution in [3.8, 4) is 0 Å². The molecule has 0 aliphatic heterocycles. The normalized spacial score (nSPS) is 12.2. The van der Waals surface area contributed by atoms with Crippen molar-refractivity contribution >= 4 is 5.91 Å². The molecule has 0 spiro atoms. The van der Waals surface area contributed by atoms with Gasteiger partial charge in [-0.1, -0.05) is 30.3 Å². The highest BCUT2D eigenvalue weighted by Gasteiger charge is 2.12. The second kappa shape index (κ2) is 5.71. The maximum Gasteiger partial charge on any atom is 0.267 e. The summed E-state index contributed by atoms with van der Waals surface area (Å²) in [6, 6.07) is 13.3. The summed E-state index contributed by atoms with van der Waals surface area (Å²) >= 11 is 0. The number of hydrogen-bond donors (Lipinski definition) is 2. The number of nitrogens with zero attached hydrogens (tertiary/aromatic N) is 1. The van der Waals surface area contributed by atoms with Crippen molar-refractivity contribution in [2.45, 2.75) is 13.0 Å². The molecule has 0 aliphatic rings. The Balaban J connectivity index is 1.96. The summed E-state index contributed by atoms with van der Waals surface area (Å²) in [5.41, 5.74) is 8.77. The Hall–Kier alpha value is -2.07. The van der Waals surface area contributed by atoms with Crippen molar-refractivity contribution < 1.29 is 4.79 Å². The predicted molar refractivity (Wildman–Crippen MR) is 75.9 cm³/mol. The van der Waals surface area contributed by atoms with Crippen molar-refractivity contribution in [3.63, 3.8) is 0 Å². The van der Waals surface area contributed by atoms with Crippen LogP contribution in [0.5, 0.6) is 0 Å². The number of amides is 1. The SMILES string of the molecule is Cc1ccc(C(=O)NCC(N)c2ccccc2)n1C. The van der Waals surface area contributed by atoms with E-state index >= 15 is 0 Å². The van der Waals surface area contributed by atoms with E-state index in [0.29, 0.717) is 12.2 Å². The maximum absolute atomic E-state index is 12.0. The van der Waals surface area contributed by atoms with Crippen molar-refractivity contribution in [3.05, 3.63) is 59.4 Å². The lowest BCUT2D eigenvalue weighted by atomic mass is 10.1. The van der Waals surface area contributed by atoms with Gasteiger partial charge >= 0.3 is 0 Å². The molecule has 2 aromatic rings. The molecule has 100 valence electrons. The molecule has 1 amide bonds. The van der Waals surface area contributed by atoms with Crippen molar-refractivity contribution in [2.75, 3.05) is 6.54 Å². The first-order valence-corrected chi connectivity index (χ1v) is 6.30. The first-order valence-electron chi connectivity index (χ1n) is 6.30. The fraction of sp³-hybridized carbons (Fsp3) is 0.267. The molecule has 19 heavy (non-hydrogen) atoms. The Kier molecular flexibility index (Phi) is 4.02. The molecule has 4 nitrogen and oxygen atoms in total. The lowest BCUT2D eigenvalue weighted by Gasteiger charge is -2.13. The lowest BCUT2D eigenvalue weighted by Crippen LogP contribution is -2.32. The van der Waals surface area contributed by atoms with Gasteiger partial charge in [0.05, 0.1) is 0 Å². The zero-order valence-corrected chi connectivity index (χ0v) is 11.3. The van der Waals surface area contributed by atoms with E-state index in [1.807, 2.05) is 61.0 Å². The van der Waals surface area contributed by atoms with Crippen LogP contribution in [0, 0.1) is 6.92 Å². The van der Waals surface area contributed by atoms with Crippen LogP contribution in [0.15, 0.2) is 42.5 Å². The fourth-order valence-corrected chi connectivity index (χ4v) is 1.95. The van der Waals surface area contributed by atoms with Gasteiger partial charge in [0, 0.05) is 25.3 Å². The van der Waals surface area contributed by atoms with E-state index in [9.17, 15) is 4.79 Å². The number of carbonyl (C=O) groups excluding carboxylic acids is 1. The molecule has 0 bridgehead atoms. The van der Waals surface area contributed by atoms with Crippen LogP contribution in [0.2, 0.25) is 0 Å². The highest BCUT2D eigenvalue weighted by molar-refractivity contribution is 5.92. The smallest absolute Gasteiger partial charge is 0.267 e. The van der Waals surface area contributed by atoms with E-state index in [-0.39, 0.29) is 11.9 Å². The number of aryl methyl sites for hydroxylation is 1. The van der Waals surface area contributed by atoms with Crippen LogP contribution >= 0.6 is 0 Å². The molecule has 3 N–H and O–H groups in total. The lowest BCUT2D eigenvalue weighted by molar-refractivity contribution is 0.0943. The monoisotopic (exact) mass is 257 g/mol. The van der Waals surface area contributed by atoms with E-state index in [0.717, 1.165) is 11.3 Å². The maximum atomic E-state index is 12.0. The third kappa shape index (κ3) is 3.03. The quantitative estimate of drug-likeness (QED) is 0.877. The molecular weight excluding hydrogens is 238 g/mol. The Labute approximate surface area is 113 Å². The third-order valence-electron chi connectivity index (χ3n) is 3.32. The topological polar surface area (TPSA) is 60.1 Å². The summed E-state index contributed by atoms with van der Waals surface area (Å²) in [4.78, 5) is 12.0. The first-order chi connectivity index (χ1) is 9.09. The molecule has 0 radical (unpaired) electrons. The minimum absolute atomic E-state index is 0.0954. The molecule has 0 aliphatic carbocycles. The number of nitrogens with two attached hydrogens (primary N) is 1. The van der Waals surface area contributed by atoms with Crippen LogP contribution in [-0.4, -0.2) is 17.0 Å². The molecule has 1 atom stereocenters. The van der Waals surface area contributed by atoms with Gasteiger partial charge in [-0.05, 0) is 24.6 Å². The van der Waals surface area contributed by atoms with Crippen LogP contribution in [0.4, 0.5) is 0 Å². The van der Waals surface area contributed by atoms with Crippen LogP contribution in [0.25, 0.3) is 0 Å². The Bertz CT molecular complexity index is 560. The molecule has 2 rings (SSSR count). The van der Waals surface area contributed by atoms with Gasteiger partial charge < -0.3 is 15.6 Å². The Morgan fingerprint density at radius 3 is 2.53 bits per heavy atom. The summed E-state index contributed by atoms with van der Waals surface area (Å²) < 4.78 is 1.86. The number of carbonyl (C=O) groups is 1. The van der Waals surface area contributed by atoms with Gasteiger partial charge in [0.1, 0.15) is 5.69 Å². The van der Waals surface area contributed by atoms with Gasteiger partial charge in [0.15, 0.2) is 0 Å². The molecule has 0 saturated heterocycles. The van der Waals surface area contributed by atoms with Crippen molar-refractivity contribution in [1.82, 2.24) is 9.88 Å².